The molecule has 2 rings (SSSR count). The van der Waals surface area contributed by atoms with Crippen molar-refractivity contribution in [3.05, 3.63) is 29.8 Å². The van der Waals surface area contributed by atoms with Crippen LogP contribution in [0.15, 0.2) is 24.3 Å². The number of amides is 1. The Morgan fingerprint density at radius 3 is 2.23 bits per heavy atom. The van der Waals surface area contributed by atoms with Crippen LogP contribution in [-0.4, -0.2) is 36.9 Å². The molecule has 0 spiro atoms. The topological polar surface area (TPSA) is 119 Å². The normalized spacial score (nSPS) is 12.0. The molecule has 142 valence electrons. The van der Waals surface area contributed by atoms with Crippen LogP contribution in [0.2, 0.25) is 0 Å². The second-order valence-electron chi connectivity index (χ2n) is 6.85. The number of nitrogens with one attached hydrogen (secondary N) is 2. The van der Waals surface area contributed by atoms with Crippen molar-refractivity contribution in [3.63, 3.8) is 0 Å². The first-order chi connectivity index (χ1) is 12.0. The zero-order chi connectivity index (χ0) is 19.7. The average Bonchev–Trinajstić information content (AvgIpc) is 2.95. The van der Waals surface area contributed by atoms with Crippen molar-refractivity contribution in [2.24, 2.45) is 5.73 Å². The number of aromatic nitrogens is 2. The Bertz CT molecular complexity index is 909. The summed E-state index contributed by atoms with van der Waals surface area (Å²) in [5.41, 5.74) is 7.08. The van der Waals surface area contributed by atoms with Crippen molar-refractivity contribution in [1.29, 1.82) is 0 Å². The van der Waals surface area contributed by atoms with Crippen LogP contribution >= 0.6 is 0 Å². The zero-order valence-electron chi connectivity index (χ0n) is 15.6. The molecule has 0 aliphatic carbocycles. The van der Waals surface area contributed by atoms with Crippen molar-refractivity contribution in [3.8, 4) is 11.3 Å². The Hall–Kier alpha value is -2.55. The van der Waals surface area contributed by atoms with Gasteiger partial charge in [0.2, 0.25) is 10.0 Å². The molecule has 1 aromatic carbocycles. The van der Waals surface area contributed by atoms with Crippen LogP contribution in [0.5, 0.6) is 0 Å². The van der Waals surface area contributed by atoms with Crippen LogP contribution in [0.1, 0.15) is 38.1 Å². The summed E-state index contributed by atoms with van der Waals surface area (Å²) >= 11 is 0. The number of sulfonamides is 1. The molecule has 1 aromatic heterocycles. The van der Waals surface area contributed by atoms with E-state index in [1.165, 1.54) is 0 Å². The molecule has 2 aromatic rings. The van der Waals surface area contributed by atoms with Crippen molar-refractivity contribution in [1.82, 2.24) is 9.78 Å². The lowest BCUT2D eigenvalue weighted by molar-refractivity contribution is 0.100. The van der Waals surface area contributed by atoms with E-state index in [1.807, 2.05) is 20.8 Å². The number of carbonyl (C=O) groups is 1. The molecule has 8 nitrogen and oxygen atoms in total. The highest BCUT2D eigenvalue weighted by Gasteiger charge is 2.27. The number of hydrogen-bond acceptors (Lipinski definition) is 5. The molecule has 0 saturated heterocycles. The van der Waals surface area contributed by atoms with Crippen molar-refractivity contribution in [2.45, 2.75) is 33.2 Å². The third kappa shape index (κ3) is 3.98. The number of nitrogens with two attached hydrogens (primary N) is 1. The molecule has 1 amide bonds. The van der Waals surface area contributed by atoms with Crippen molar-refractivity contribution in [2.75, 3.05) is 22.8 Å². The minimum atomic E-state index is -3.35. The number of carbonyl (C=O) groups excluding carboxylic acids is 1. The predicted molar refractivity (Wildman–Crippen MR) is 104 cm³/mol. The molecule has 0 aliphatic heterocycles. The molecule has 0 bridgehead atoms. The lowest BCUT2D eigenvalue weighted by atomic mass is 10.1. The molecule has 26 heavy (non-hydrogen) atoms. The van der Waals surface area contributed by atoms with Gasteiger partial charge < -0.3 is 11.1 Å². The molecular formula is C17H25N5O3S. The minimum Gasteiger partial charge on any atom is -0.373 e. The fraction of sp³-hybridized carbons (Fsp3) is 0.412. The Balaban J connectivity index is 2.55. The van der Waals surface area contributed by atoms with Gasteiger partial charge in [-0.15, -0.1) is 0 Å². The van der Waals surface area contributed by atoms with Crippen LogP contribution < -0.4 is 15.8 Å². The second kappa shape index (κ2) is 6.99. The Kier molecular flexibility index (Phi) is 5.31. The molecule has 0 fully saturated rings. The quantitative estimate of drug-likeness (QED) is 0.711. The van der Waals surface area contributed by atoms with Gasteiger partial charge in [0.1, 0.15) is 17.1 Å². The summed E-state index contributed by atoms with van der Waals surface area (Å²) in [6, 6.07) is 6.66. The van der Waals surface area contributed by atoms with E-state index in [2.05, 4.69) is 15.1 Å². The average molecular weight is 379 g/mol. The fourth-order valence-electron chi connectivity index (χ4n) is 2.52. The van der Waals surface area contributed by atoms with Crippen LogP contribution in [0.4, 0.5) is 11.5 Å². The van der Waals surface area contributed by atoms with Gasteiger partial charge in [0.15, 0.2) is 0 Å². The van der Waals surface area contributed by atoms with E-state index < -0.39 is 15.9 Å². The second-order valence-corrected chi connectivity index (χ2v) is 8.86. The minimum absolute atomic E-state index is 0.0118. The third-order valence-electron chi connectivity index (χ3n) is 3.82. The van der Waals surface area contributed by atoms with E-state index in [9.17, 15) is 13.2 Å². The van der Waals surface area contributed by atoms with Crippen LogP contribution in [0.3, 0.4) is 0 Å². The van der Waals surface area contributed by atoms with E-state index in [0.29, 0.717) is 28.3 Å². The van der Waals surface area contributed by atoms with E-state index >= 15 is 0 Å². The smallest absolute Gasteiger partial charge is 0.254 e. The number of hydrogen-bond donors (Lipinski definition) is 3. The van der Waals surface area contributed by atoms with Gasteiger partial charge in [-0.3, -0.25) is 9.52 Å². The molecule has 0 aliphatic rings. The number of primary amides is 1. The summed E-state index contributed by atoms with van der Waals surface area (Å²) in [4.78, 5) is 12.0. The van der Waals surface area contributed by atoms with E-state index in [1.54, 1.807) is 42.9 Å². The third-order valence-corrected chi connectivity index (χ3v) is 5.12. The molecule has 0 unspecified atom stereocenters. The lowest BCUT2D eigenvalue weighted by Gasteiger charge is -2.22. The molecule has 4 N–H and O–H groups in total. The molecule has 1 heterocycles. The van der Waals surface area contributed by atoms with Crippen LogP contribution in [0, 0.1) is 0 Å². The summed E-state index contributed by atoms with van der Waals surface area (Å²) in [5, 5.41) is 7.58. The Labute approximate surface area is 153 Å². The van der Waals surface area contributed by atoms with Gasteiger partial charge in [-0.2, -0.15) is 5.10 Å². The van der Waals surface area contributed by atoms with Crippen molar-refractivity contribution < 1.29 is 13.2 Å². The highest BCUT2D eigenvalue weighted by atomic mass is 32.2. The van der Waals surface area contributed by atoms with Gasteiger partial charge in [0.25, 0.3) is 5.91 Å². The van der Waals surface area contributed by atoms with Gasteiger partial charge in [-0.1, -0.05) is 12.1 Å². The monoisotopic (exact) mass is 379 g/mol. The van der Waals surface area contributed by atoms with Crippen LogP contribution in [0.25, 0.3) is 11.3 Å². The van der Waals surface area contributed by atoms with E-state index in [-0.39, 0.29) is 11.3 Å². The summed E-state index contributed by atoms with van der Waals surface area (Å²) in [6.07, 6.45) is 0. The number of nitrogens with zero attached hydrogens (tertiary/aromatic N) is 2. The first-order valence-corrected chi connectivity index (χ1v) is 9.87. The SMILES string of the molecule is CCS(=O)(=O)Nc1ccc(-c2nn(C(C)(C)C)c(NC)c2C(N)=O)cc1. The Morgan fingerprint density at radius 1 is 1.23 bits per heavy atom. The number of anilines is 2. The van der Waals surface area contributed by atoms with Gasteiger partial charge in [-0.25, -0.2) is 13.1 Å². The van der Waals surface area contributed by atoms with Gasteiger partial charge in [0, 0.05) is 18.3 Å². The number of rotatable bonds is 6. The van der Waals surface area contributed by atoms with Gasteiger partial charge in [0.05, 0.1) is 11.3 Å². The first kappa shape index (κ1) is 19.8. The molecule has 9 heteroatoms. The molecule has 0 atom stereocenters. The zero-order valence-corrected chi connectivity index (χ0v) is 16.4. The Morgan fingerprint density at radius 2 is 1.81 bits per heavy atom. The highest BCUT2D eigenvalue weighted by molar-refractivity contribution is 7.92. The predicted octanol–water partition coefficient (Wildman–Crippen LogP) is 2.21. The summed E-state index contributed by atoms with van der Waals surface area (Å²) in [6.45, 7) is 7.47. The maximum absolute atomic E-state index is 12.0. The fourth-order valence-corrected chi connectivity index (χ4v) is 3.16. The number of benzene rings is 1. The van der Waals surface area contributed by atoms with Gasteiger partial charge in [-0.05, 0) is 39.8 Å². The molecular weight excluding hydrogens is 354 g/mol. The van der Waals surface area contributed by atoms with E-state index in [4.69, 9.17) is 5.73 Å². The highest BCUT2D eigenvalue weighted by Crippen LogP contribution is 2.32. The summed E-state index contributed by atoms with van der Waals surface area (Å²) in [7, 11) is -1.64. The maximum atomic E-state index is 12.0. The van der Waals surface area contributed by atoms with Gasteiger partial charge >= 0.3 is 0 Å². The summed E-state index contributed by atoms with van der Waals surface area (Å²) < 4.78 is 27.5. The molecule has 0 radical (unpaired) electrons. The molecule has 0 saturated carbocycles. The first-order valence-electron chi connectivity index (χ1n) is 8.22. The standard InChI is InChI=1S/C17H25N5O3S/c1-6-26(24,25)21-12-9-7-11(8-10-12)14-13(15(18)23)16(19-5)22(20-14)17(2,3)4/h7-10,19,21H,6H2,1-5H3,(H2,18,23). The maximum Gasteiger partial charge on any atom is 0.254 e. The summed E-state index contributed by atoms with van der Waals surface area (Å²) in [5.74, 6) is -0.0615. The van der Waals surface area contributed by atoms with Crippen molar-refractivity contribution >= 4 is 27.4 Å². The lowest BCUT2D eigenvalue weighted by Crippen LogP contribution is -2.25. The van der Waals surface area contributed by atoms with E-state index in [0.717, 1.165) is 0 Å². The van der Waals surface area contributed by atoms with Crippen LogP contribution in [-0.2, 0) is 15.6 Å². The largest absolute Gasteiger partial charge is 0.373 e.